The highest BCUT2D eigenvalue weighted by atomic mass is 35.5. The number of halogens is 1. The number of unbranched alkanes of at least 4 members (excludes halogenated alkanes) is 3. The molecule has 0 atom stereocenters. The number of fused-ring (bicyclic) bond motifs is 1. The van der Waals surface area contributed by atoms with Crippen LogP contribution in [0.15, 0.2) is 12.4 Å². The molecule has 0 bridgehead atoms. The minimum atomic E-state index is 0.537. The topological polar surface area (TPSA) is 43.1 Å². The van der Waals surface area contributed by atoms with E-state index in [1.54, 1.807) is 0 Å². The molecule has 0 aliphatic rings. The molecule has 0 N–H and O–H groups in total. The SMILES string of the molecule is CCCCCCc1cc2ncnn2nc1Cl. The van der Waals surface area contributed by atoms with Crippen molar-refractivity contribution in [1.29, 1.82) is 0 Å². The summed E-state index contributed by atoms with van der Waals surface area (Å²) in [6, 6.07) is 1.97. The van der Waals surface area contributed by atoms with Crippen LogP contribution in [-0.4, -0.2) is 19.8 Å². The van der Waals surface area contributed by atoms with Crippen molar-refractivity contribution >= 4 is 17.2 Å². The van der Waals surface area contributed by atoms with Gasteiger partial charge in [-0.1, -0.05) is 37.8 Å². The maximum Gasteiger partial charge on any atom is 0.176 e. The number of hydrogen-bond acceptors (Lipinski definition) is 3. The van der Waals surface area contributed by atoms with E-state index in [1.165, 1.54) is 30.2 Å². The highest BCUT2D eigenvalue weighted by Gasteiger charge is 2.05. The second-order valence-corrected chi connectivity index (χ2v) is 4.24. The summed E-state index contributed by atoms with van der Waals surface area (Å²) in [6.07, 6.45) is 7.37. The number of aromatic nitrogens is 4. The molecular weight excluding hydrogens is 224 g/mol. The minimum Gasteiger partial charge on any atom is -0.213 e. The van der Waals surface area contributed by atoms with Gasteiger partial charge in [0, 0.05) is 0 Å². The molecule has 2 aromatic rings. The molecule has 86 valence electrons. The quantitative estimate of drug-likeness (QED) is 0.753. The second-order valence-electron chi connectivity index (χ2n) is 3.88. The largest absolute Gasteiger partial charge is 0.213 e. The van der Waals surface area contributed by atoms with Crippen molar-refractivity contribution in [1.82, 2.24) is 19.8 Å². The van der Waals surface area contributed by atoms with Crippen LogP contribution in [-0.2, 0) is 6.42 Å². The molecule has 0 saturated heterocycles. The van der Waals surface area contributed by atoms with E-state index in [0.717, 1.165) is 24.1 Å². The maximum absolute atomic E-state index is 6.07. The zero-order chi connectivity index (χ0) is 11.4. The predicted molar refractivity (Wildman–Crippen MR) is 63.6 cm³/mol. The van der Waals surface area contributed by atoms with Crippen LogP contribution in [0, 0.1) is 0 Å². The van der Waals surface area contributed by atoms with E-state index in [-0.39, 0.29) is 0 Å². The van der Waals surface area contributed by atoms with Crippen LogP contribution in [0.4, 0.5) is 0 Å². The molecule has 16 heavy (non-hydrogen) atoms. The van der Waals surface area contributed by atoms with E-state index < -0.39 is 0 Å². The normalized spacial score (nSPS) is 11.1. The summed E-state index contributed by atoms with van der Waals surface area (Å²) in [7, 11) is 0. The summed E-state index contributed by atoms with van der Waals surface area (Å²) in [6.45, 7) is 2.21. The van der Waals surface area contributed by atoms with E-state index in [9.17, 15) is 0 Å². The van der Waals surface area contributed by atoms with E-state index in [1.807, 2.05) is 6.07 Å². The van der Waals surface area contributed by atoms with Crippen LogP contribution in [0.25, 0.3) is 5.65 Å². The van der Waals surface area contributed by atoms with Crippen molar-refractivity contribution < 1.29 is 0 Å². The number of nitrogens with zero attached hydrogens (tertiary/aromatic N) is 4. The van der Waals surface area contributed by atoms with Crippen LogP contribution in [0.1, 0.15) is 38.2 Å². The fourth-order valence-corrected chi connectivity index (χ4v) is 1.92. The molecule has 2 rings (SSSR count). The maximum atomic E-state index is 6.07. The van der Waals surface area contributed by atoms with Crippen LogP contribution in [0.5, 0.6) is 0 Å². The van der Waals surface area contributed by atoms with E-state index in [2.05, 4.69) is 22.1 Å². The van der Waals surface area contributed by atoms with Gasteiger partial charge in [-0.2, -0.15) is 0 Å². The van der Waals surface area contributed by atoms with Gasteiger partial charge in [0.1, 0.15) is 6.33 Å². The van der Waals surface area contributed by atoms with Gasteiger partial charge >= 0.3 is 0 Å². The molecule has 0 aliphatic carbocycles. The van der Waals surface area contributed by atoms with Gasteiger partial charge in [-0.3, -0.25) is 0 Å². The standard InChI is InChI=1S/C11H15ClN4/c1-2-3-4-5-6-9-7-10-13-8-14-16(10)15-11(9)12/h7-8H,2-6H2,1H3. The molecular formula is C11H15ClN4. The molecule has 0 aromatic carbocycles. The van der Waals surface area contributed by atoms with Crippen LogP contribution in [0.2, 0.25) is 5.15 Å². The molecule has 0 unspecified atom stereocenters. The Hall–Kier alpha value is -1.16. The molecule has 0 fully saturated rings. The molecule has 2 aromatic heterocycles. The average molecular weight is 239 g/mol. The second kappa shape index (κ2) is 5.25. The number of rotatable bonds is 5. The van der Waals surface area contributed by atoms with Crippen molar-refractivity contribution in [3.8, 4) is 0 Å². The van der Waals surface area contributed by atoms with E-state index in [4.69, 9.17) is 11.6 Å². The van der Waals surface area contributed by atoms with Gasteiger partial charge in [-0.15, -0.1) is 14.8 Å². The molecule has 2 heterocycles. The zero-order valence-electron chi connectivity index (χ0n) is 9.36. The lowest BCUT2D eigenvalue weighted by Gasteiger charge is -2.03. The first-order chi connectivity index (χ1) is 7.81. The van der Waals surface area contributed by atoms with E-state index in [0.29, 0.717) is 5.15 Å². The Morgan fingerprint density at radius 2 is 2.19 bits per heavy atom. The Bertz CT molecular complexity index is 466. The lowest BCUT2D eigenvalue weighted by Crippen LogP contribution is -1.98. The third-order valence-corrected chi connectivity index (χ3v) is 2.92. The van der Waals surface area contributed by atoms with Gasteiger partial charge < -0.3 is 0 Å². The van der Waals surface area contributed by atoms with Gasteiger partial charge in [0.15, 0.2) is 10.8 Å². The van der Waals surface area contributed by atoms with Gasteiger partial charge in [0.05, 0.1) is 0 Å². The molecule has 0 amide bonds. The minimum absolute atomic E-state index is 0.537. The summed E-state index contributed by atoms with van der Waals surface area (Å²) in [5, 5.41) is 8.62. The van der Waals surface area contributed by atoms with Crippen molar-refractivity contribution in [2.24, 2.45) is 0 Å². The van der Waals surface area contributed by atoms with Crippen molar-refractivity contribution in [2.45, 2.75) is 39.0 Å². The average Bonchev–Trinajstić information content (AvgIpc) is 2.71. The molecule has 0 spiro atoms. The third-order valence-electron chi connectivity index (χ3n) is 2.61. The van der Waals surface area contributed by atoms with Crippen molar-refractivity contribution in [3.05, 3.63) is 23.1 Å². The van der Waals surface area contributed by atoms with Gasteiger partial charge in [0.25, 0.3) is 0 Å². The van der Waals surface area contributed by atoms with Crippen LogP contribution in [0.3, 0.4) is 0 Å². The fourth-order valence-electron chi connectivity index (χ4n) is 1.70. The summed E-state index contributed by atoms with van der Waals surface area (Å²) >= 11 is 6.07. The first-order valence-corrected chi connectivity index (χ1v) is 6.04. The van der Waals surface area contributed by atoms with Gasteiger partial charge in [-0.05, 0) is 24.5 Å². The zero-order valence-corrected chi connectivity index (χ0v) is 10.1. The summed E-state index contributed by atoms with van der Waals surface area (Å²) in [5.41, 5.74) is 1.83. The van der Waals surface area contributed by atoms with Crippen LogP contribution >= 0.6 is 11.6 Å². The lowest BCUT2D eigenvalue weighted by molar-refractivity contribution is 0.663. The van der Waals surface area contributed by atoms with Gasteiger partial charge in [0.2, 0.25) is 0 Å². The van der Waals surface area contributed by atoms with Crippen molar-refractivity contribution in [3.63, 3.8) is 0 Å². The monoisotopic (exact) mass is 238 g/mol. The Kier molecular flexibility index (Phi) is 3.72. The molecule has 0 radical (unpaired) electrons. The Morgan fingerprint density at radius 1 is 1.31 bits per heavy atom. The Labute approximate surface area is 99.6 Å². The molecule has 0 aliphatic heterocycles. The first-order valence-electron chi connectivity index (χ1n) is 5.66. The highest BCUT2D eigenvalue weighted by Crippen LogP contribution is 2.17. The fraction of sp³-hybridized carbons (Fsp3) is 0.545. The summed E-state index contributed by atoms with van der Waals surface area (Å²) in [5.74, 6) is 0. The van der Waals surface area contributed by atoms with Gasteiger partial charge in [-0.25, -0.2) is 4.98 Å². The highest BCUT2D eigenvalue weighted by molar-refractivity contribution is 6.30. The number of hydrogen-bond donors (Lipinski definition) is 0. The molecule has 4 nitrogen and oxygen atoms in total. The Morgan fingerprint density at radius 3 is 3.00 bits per heavy atom. The number of aryl methyl sites for hydroxylation is 1. The van der Waals surface area contributed by atoms with Crippen LogP contribution < -0.4 is 0 Å². The van der Waals surface area contributed by atoms with Crippen molar-refractivity contribution in [2.75, 3.05) is 0 Å². The Balaban J connectivity index is 2.07. The smallest absolute Gasteiger partial charge is 0.176 e. The first kappa shape index (κ1) is 11.3. The summed E-state index contributed by atoms with van der Waals surface area (Å²) < 4.78 is 1.46. The lowest BCUT2D eigenvalue weighted by atomic mass is 10.1. The predicted octanol–water partition coefficient (Wildman–Crippen LogP) is 2.90. The van der Waals surface area contributed by atoms with E-state index >= 15 is 0 Å². The molecule has 0 saturated carbocycles. The third kappa shape index (κ3) is 2.50. The molecule has 5 heteroatoms. The summed E-state index contributed by atoms with van der Waals surface area (Å²) in [4.78, 5) is 4.10.